The molecule has 2 amide bonds. The number of aromatic nitrogens is 2. The minimum Gasteiger partial charge on any atom is -0.484 e. The lowest BCUT2D eigenvalue weighted by atomic mass is 9.94. The first-order valence-electron chi connectivity index (χ1n) is 11.2. The summed E-state index contributed by atoms with van der Waals surface area (Å²) in [6, 6.07) is 16.6. The monoisotopic (exact) mass is 434 g/mol. The van der Waals surface area contributed by atoms with Crippen molar-refractivity contribution in [1.82, 2.24) is 20.2 Å². The quantitative estimate of drug-likeness (QED) is 0.596. The fourth-order valence-corrected chi connectivity index (χ4v) is 4.13. The van der Waals surface area contributed by atoms with E-state index >= 15 is 0 Å². The molecule has 0 aliphatic carbocycles. The number of H-pyrrole nitrogens is 1. The van der Waals surface area contributed by atoms with Gasteiger partial charge in [0.05, 0.1) is 11.0 Å². The molecule has 168 valence electrons. The Morgan fingerprint density at radius 2 is 1.78 bits per heavy atom. The Morgan fingerprint density at radius 1 is 1.09 bits per heavy atom. The molecule has 0 spiro atoms. The molecule has 7 heteroatoms. The second-order valence-electron chi connectivity index (χ2n) is 8.63. The molecule has 4 rings (SSSR count). The van der Waals surface area contributed by atoms with Crippen molar-refractivity contribution in [3.8, 4) is 5.75 Å². The van der Waals surface area contributed by atoms with E-state index in [0.717, 1.165) is 29.7 Å². The maximum atomic E-state index is 13.2. The highest BCUT2D eigenvalue weighted by atomic mass is 16.5. The Bertz CT molecular complexity index is 1020. The first-order chi connectivity index (χ1) is 15.5. The van der Waals surface area contributed by atoms with E-state index < -0.39 is 6.04 Å². The zero-order chi connectivity index (χ0) is 22.5. The van der Waals surface area contributed by atoms with Gasteiger partial charge in [-0.25, -0.2) is 4.98 Å². The van der Waals surface area contributed by atoms with Crippen molar-refractivity contribution in [3.05, 3.63) is 60.4 Å². The highest BCUT2D eigenvalue weighted by Crippen LogP contribution is 2.28. The third-order valence-electron chi connectivity index (χ3n) is 5.96. The lowest BCUT2D eigenvalue weighted by Gasteiger charge is -2.35. The number of hydrogen-bond acceptors (Lipinski definition) is 4. The second kappa shape index (κ2) is 9.85. The van der Waals surface area contributed by atoms with E-state index in [1.165, 1.54) is 0 Å². The third kappa shape index (κ3) is 5.10. The van der Waals surface area contributed by atoms with E-state index in [-0.39, 0.29) is 24.3 Å². The number of ether oxygens (including phenoxy) is 1. The summed E-state index contributed by atoms with van der Waals surface area (Å²) in [6.07, 6.45) is 1.70. The molecule has 32 heavy (non-hydrogen) atoms. The normalized spacial score (nSPS) is 15.7. The van der Waals surface area contributed by atoms with Crippen LogP contribution in [0.25, 0.3) is 11.0 Å². The van der Waals surface area contributed by atoms with E-state index in [1.54, 1.807) is 12.1 Å². The summed E-state index contributed by atoms with van der Waals surface area (Å²) in [5.74, 6) is 1.58. The first kappa shape index (κ1) is 21.9. The van der Waals surface area contributed by atoms with Crippen molar-refractivity contribution in [3.63, 3.8) is 0 Å². The molecular weight excluding hydrogens is 404 g/mol. The van der Waals surface area contributed by atoms with Gasteiger partial charge in [0.1, 0.15) is 17.6 Å². The highest BCUT2D eigenvalue weighted by Gasteiger charge is 2.32. The molecule has 1 aliphatic heterocycles. The molecule has 0 radical (unpaired) electrons. The smallest absolute Gasteiger partial charge is 0.258 e. The molecule has 7 nitrogen and oxygen atoms in total. The van der Waals surface area contributed by atoms with Gasteiger partial charge in [0.2, 0.25) is 5.91 Å². The van der Waals surface area contributed by atoms with Crippen LogP contribution in [0.1, 0.15) is 38.4 Å². The highest BCUT2D eigenvalue weighted by molar-refractivity contribution is 5.88. The van der Waals surface area contributed by atoms with Crippen molar-refractivity contribution in [2.24, 2.45) is 5.92 Å². The van der Waals surface area contributed by atoms with Gasteiger partial charge < -0.3 is 19.9 Å². The van der Waals surface area contributed by atoms with E-state index in [9.17, 15) is 9.59 Å². The number of nitrogens with one attached hydrogen (secondary N) is 2. The van der Waals surface area contributed by atoms with Crippen molar-refractivity contribution < 1.29 is 14.3 Å². The van der Waals surface area contributed by atoms with Crippen molar-refractivity contribution >= 4 is 22.8 Å². The Labute approximate surface area is 188 Å². The van der Waals surface area contributed by atoms with Crippen LogP contribution < -0.4 is 10.1 Å². The second-order valence-corrected chi connectivity index (χ2v) is 8.63. The predicted molar refractivity (Wildman–Crippen MR) is 123 cm³/mol. The van der Waals surface area contributed by atoms with E-state index in [2.05, 4.69) is 10.3 Å². The fourth-order valence-electron chi connectivity index (χ4n) is 4.13. The minimum atomic E-state index is -0.565. The molecule has 2 heterocycles. The maximum Gasteiger partial charge on any atom is 0.258 e. The van der Waals surface area contributed by atoms with Crippen molar-refractivity contribution in [2.75, 3.05) is 19.7 Å². The van der Waals surface area contributed by atoms with Gasteiger partial charge in [0.15, 0.2) is 6.61 Å². The molecule has 1 fully saturated rings. The van der Waals surface area contributed by atoms with Crippen LogP contribution >= 0.6 is 0 Å². The largest absolute Gasteiger partial charge is 0.484 e. The van der Waals surface area contributed by atoms with E-state index in [1.807, 2.05) is 61.2 Å². The van der Waals surface area contributed by atoms with Crippen LogP contribution in [-0.4, -0.2) is 52.4 Å². The van der Waals surface area contributed by atoms with E-state index in [4.69, 9.17) is 9.72 Å². The van der Waals surface area contributed by atoms with Gasteiger partial charge in [-0.15, -0.1) is 0 Å². The van der Waals surface area contributed by atoms with Gasteiger partial charge >= 0.3 is 0 Å². The summed E-state index contributed by atoms with van der Waals surface area (Å²) in [5, 5.41) is 2.87. The Balaban J connectivity index is 1.32. The summed E-state index contributed by atoms with van der Waals surface area (Å²) in [7, 11) is 0. The molecule has 2 N–H and O–H groups in total. The lowest BCUT2D eigenvalue weighted by Crippen LogP contribution is -2.53. The van der Waals surface area contributed by atoms with Crippen molar-refractivity contribution in [2.45, 2.75) is 38.6 Å². The summed E-state index contributed by atoms with van der Waals surface area (Å²) in [5.41, 5.74) is 2.02. The number of hydrogen-bond donors (Lipinski definition) is 2. The molecule has 1 atom stereocenters. The molecule has 2 aromatic carbocycles. The summed E-state index contributed by atoms with van der Waals surface area (Å²) >= 11 is 0. The number of carbonyl (C=O) groups is 2. The van der Waals surface area contributed by atoms with Gasteiger partial charge in [0.25, 0.3) is 5.91 Å². The number of amides is 2. The van der Waals surface area contributed by atoms with Gasteiger partial charge in [-0.3, -0.25) is 9.59 Å². The Kier molecular flexibility index (Phi) is 6.73. The number of aromatic amines is 1. The zero-order valence-corrected chi connectivity index (χ0v) is 18.6. The van der Waals surface area contributed by atoms with E-state index in [0.29, 0.717) is 24.8 Å². The molecule has 1 unspecified atom stereocenters. The minimum absolute atomic E-state index is 0.0173. The third-order valence-corrected chi connectivity index (χ3v) is 5.96. The predicted octanol–water partition coefficient (Wildman–Crippen LogP) is 3.49. The van der Waals surface area contributed by atoms with Crippen LogP contribution in [0.2, 0.25) is 0 Å². The molecule has 1 aromatic heterocycles. The number of likely N-dealkylation sites (tertiary alicyclic amines) is 1. The number of carbonyl (C=O) groups excluding carboxylic acids is 2. The van der Waals surface area contributed by atoms with Gasteiger partial charge in [-0.2, -0.15) is 0 Å². The van der Waals surface area contributed by atoms with Crippen LogP contribution in [0.3, 0.4) is 0 Å². The maximum absolute atomic E-state index is 13.2. The number of benzene rings is 2. The summed E-state index contributed by atoms with van der Waals surface area (Å²) < 4.78 is 5.51. The van der Waals surface area contributed by atoms with Gasteiger partial charge in [-0.1, -0.05) is 44.2 Å². The van der Waals surface area contributed by atoms with Crippen LogP contribution in [-0.2, 0) is 9.59 Å². The van der Waals surface area contributed by atoms with Gasteiger partial charge in [-0.05, 0) is 43.0 Å². The number of para-hydroxylation sites is 3. The Hall–Kier alpha value is -3.35. The number of rotatable bonds is 7. The van der Waals surface area contributed by atoms with Crippen molar-refractivity contribution in [1.29, 1.82) is 0 Å². The zero-order valence-electron chi connectivity index (χ0n) is 18.6. The average Bonchev–Trinajstić information content (AvgIpc) is 3.26. The van der Waals surface area contributed by atoms with Crippen LogP contribution in [0, 0.1) is 5.92 Å². The standard InChI is InChI=1S/C25H30N4O3/c1-17(2)23(28-22(30)16-32-19-8-4-3-5-9-19)25(31)29-14-12-18(13-15-29)24-26-20-10-6-7-11-21(20)27-24/h3-11,17-18,23H,12-16H2,1-2H3,(H,26,27)(H,28,30). The molecule has 1 saturated heterocycles. The number of imidazole rings is 1. The molecule has 1 aliphatic rings. The topological polar surface area (TPSA) is 87.3 Å². The SMILES string of the molecule is CC(C)C(NC(=O)COc1ccccc1)C(=O)N1CCC(c2nc3ccccc3[nH]2)CC1. The summed E-state index contributed by atoms with van der Waals surface area (Å²) in [6.45, 7) is 5.08. The average molecular weight is 435 g/mol. The van der Waals surface area contributed by atoms with Crippen LogP contribution in [0.15, 0.2) is 54.6 Å². The lowest BCUT2D eigenvalue weighted by molar-refractivity contribution is -0.139. The molecular formula is C25H30N4O3. The number of nitrogens with zero attached hydrogens (tertiary/aromatic N) is 2. The Morgan fingerprint density at radius 3 is 2.47 bits per heavy atom. The number of fused-ring (bicyclic) bond motifs is 1. The van der Waals surface area contributed by atoms with Crippen LogP contribution in [0.4, 0.5) is 0 Å². The summed E-state index contributed by atoms with van der Waals surface area (Å²) in [4.78, 5) is 35.6. The first-order valence-corrected chi connectivity index (χ1v) is 11.2. The number of piperidine rings is 1. The molecule has 0 bridgehead atoms. The fraction of sp³-hybridized carbons (Fsp3) is 0.400. The van der Waals surface area contributed by atoms with Gasteiger partial charge in [0, 0.05) is 19.0 Å². The molecule has 3 aromatic rings. The molecule has 0 saturated carbocycles. The van der Waals surface area contributed by atoms with Crippen LogP contribution in [0.5, 0.6) is 5.75 Å².